The Labute approximate surface area is 453 Å². The van der Waals surface area contributed by atoms with Crippen LogP contribution in [0.3, 0.4) is 0 Å². The summed E-state index contributed by atoms with van der Waals surface area (Å²) in [7, 11) is -5.90. The number of rotatable bonds is 16. The highest BCUT2D eigenvalue weighted by molar-refractivity contribution is 7.52. The third-order valence-electron chi connectivity index (χ3n) is 14.2. The van der Waals surface area contributed by atoms with Crippen LogP contribution in [-0.4, -0.2) is 121 Å². The number of aromatic nitrogens is 1. The van der Waals surface area contributed by atoms with E-state index in [1.807, 2.05) is 30.3 Å². The Balaban J connectivity index is 0.879. The number of nitrogens with one attached hydrogen (secondary N) is 3. The number of alkyl halides is 2. The van der Waals surface area contributed by atoms with Gasteiger partial charge in [-0.15, -0.1) is 22.7 Å². The number of ether oxygens (including phenoxy) is 1. The SMILES string of the molecule is NC(=O)OCC(NC(=O)[C@@H]1CC[C@@H]2CCN(C(=O)CCCCCC#Cc3cccc4c3CN(C3CCC(=O)NC3=O)C4=O)C[C@H](NC(=O)c3cc4cc(C(F)(F)P(=O)(O)O)ccc4s3)C(=O)N21)c1ncc(-c2ccccc2)s1. The molecular weight excluding hydrogens is 1070 g/mol. The first kappa shape index (κ1) is 55.3. The highest BCUT2D eigenvalue weighted by Gasteiger charge is 2.51. The first-order valence-corrected chi connectivity index (χ1v) is 28.4. The molecule has 20 nitrogen and oxygen atoms in total. The lowest BCUT2D eigenvalue weighted by Gasteiger charge is -2.39. The monoisotopic (exact) mass is 1130 g/mol. The molecule has 6 heterocycles. The zero-order chi connectivity index (χ0) is 55.5. The molecule has 9 rings (SSSR count). The van der Waals surface area contributed by atoms with Crippen molar-refractivity contribution in [1.29, 1.82) is 0 Å². The molecule has 3 fully saturated rings. The van der Waals surface area contributed by atoms with Gasteiger partial charge in [-0.25, -0.2) is 9.78 Å². The van der Waals surface area contributed by atoms with Gasteiger partial charge in [-0.3, -0.25) is 43.4 Å². The van der Waals surface area contributed by atoms with Crippen molar-refractivity contribution < 1.29 is 66.2 Å². The maximum Gasteiger partial charge on any atom is 0.404 e. The standard InChI is InChI=1S/C53H53F2N8O12PS2/c54-53(55,76(72,73)74)33-16-20-41-32(24-33)25-42(77-41)48(68)58-37-28-61(45(65)15-8-3-1-2-5-10-30-13-9-14-35-36(30)27-62(50(35)69)39-19-21-44(64)60-46(39)66)23-22-34-17-18-40(63(34)51(37)70)47(67)59-38(29-75-52(56)71)49-57-26-43(78-49)31-11-6-4-7-12-31/h4,6-7,9,11-14,16,20,24-26,34,37-40H,1-3,8,15,17-19,21-23,27-29H2,(H2,56,71)(H,58,68)(H,59,67)(H,60,64,66)(H2,72,73,74)/t34-,37+,38?,39?,40+/m1/s1. The third-order valence-corrected chi connectivity index (χ3v) is 17.5. The molecule has 5 aromatic rings. The molecule has 3 aromatic carbocycles. The summed E-state index contributed by atoms with van der Waals surface area (Å²) in [5.41, 5.74) is 2.54. The molecule has 4 aliphatic heterocycles. The van der Waals surface area contributed by atoms with E-state index in [0.717, 1.165) is 33.9 Å². The average Bonchev–Trinajstić information content (AvgIpc) is 4.29. The van der Waals surface area contributed by atoms with Crippen molar-refractivity contribution in [2.45, 2.75) is 107 Å². The molecule has 0 aliphatic carbocycles. The average molecular weight is 1130 g/mol. The minimum atomic E-state index is -5.90. The minimum absolute atomic E-state index is 0.0281. The number of nitrogens with two attached hydrogens (primary N) is 1. The van der Waals surface area contributed by atoms with Crippen LogP contribution in [0.2, 0.25) is 0 Å². The lowest BCUT2D eigenvalue weighted by atomic mass is 10.0. The fourth-order valence-corrected chi connectivity index (χ4v) is 12.6. The molecule has 2 aromatic heterocycles. The first-order chi connectivity index (χ1) is 37.3. The van der Waals surface area contributed by atoms with Crippen LogP contribution in [0, 0.1) is 11.8 Å². The fourth-order valence-electron chi connectivity index (χ4n) is 10.2. The third kappa shape index (κ3) is 12.0. The van der Waals surface area contributed by atoms with Crippen molar-refractivity contribution in [3.8, 4) is 22.3 Å². The molecule has 0 bridgehead atoms. The quantitative estimate of drug-likeness (QED) is 0.0302. The van der Waals surface area contributed by atoms with Gasteiger partial charge in [-0.1, -0.05) is 60.7 Å². The number of fused-ring (bicyclic) bond motifs is 3. The van der Waals surface area contributed by atoms with Crippen molar-refractivity contribution >= 4 is 87.8 Å². The van der Waals surface area contributed by atoms with Gasteiger partial charge in [-0.2, -0.15) is 8.78 Å². The molecule has 3 saturated heterocycles. The summed E-state index contributed by atoms with van der Waals surface area (Å²) in [6.45, 7) is -0.289. The molecule has 7 N–H and O–H groups in total. The van der Waals surface area contributed by atoms with Crippen LogP contribution in [0.4, 0.5) is 13.6 Å². The van der Waals surface area contributed by atoms with Gasteiger partial charge in [0.05, 0.1) is 9.75 Å². The van der Waals surface area contributed by atoms with Crippen LogP contribution < -0.4 is 21.7 Å². The largest absolute Gasteiger partial charge is 0.447 e. The summed E-state index contributed by atoms with van der Waals surface area (Å²) in [6.07, 6.45) is 4.09. The first-order valence-electron chi connectivity index (χ1n) is 25.1. The number of halogens is 2. The van der Waals surface area contributed by atoms with Gasteiger partial charge in [0, 0.05) is 72.5 Å². The highest BCUT2D eigenvalue weighted by Crippen LogP contribution is 2.59. The second-order valence-electron chi connectivity index (χ2n) is 19.3. The summed E-state index contributed by atoms with van der Waals surface area (Å²) >= 11 is 2.15. The number of thiazole rings is 1. The zero-order valence-electron chi connectivity index (χ0n) is 41.7. The number of piperidine rings is 1. The van der Waals surface area contributed by atoms with E-state index in [-0.39, 0.29) is 79.9 Å². The molecule has 25 heteroatoms. The maximum atomic E-state index is 14.9. The van der Waals surface area contributed by atoms with Crippen molar-refractivity contribution in [3.05, 3.63) is 111 Å². The molecule has 4 aliphatic rings. The van der Waals surface area contributed by atoms with Crippen molar-refractivity contribution in [2.75, 3.05) is 19.7 Å². The molecular formula is C53H53F2N8O12PS2. The van der Waals surface area contributed by atoms with Gasteiger partial charge in [-0.05, 0) is 85.4 Å². The van der Waals surface area contributed by atoms with Crippen LogP contribution in [-0.2, 0) is 45.5 Å². The van der Waals surface area contributed by atoms with Gasteiger partial charge >= 0.3 is 19.4 Å². The molecule has 408 valence electrons. The van der Waals surface area contributed by atoms with E-state index in [9.17, 15) is 61.5 Å². The van der Waals surface area contributed by atoms with E-state index < -0.39 is 78.8 Å². The lowest BCUT2D eigenvalue weighted by molar-refractivity contribution is -0.145. The summed E-state index contributed by atoms with van der Waals surface area (Å²) in [5, 5.41) is 8.43. The number of nitrogens with zero attached hydrogens (tertiary/aromatic N) is 4. The Kier molecular flexibility index (Phi) is 16.5. The summed E-state index contributed by atoms with van der Waals surface area (Å²) in [4.78, 5) is 135. The number of imide groups is 1. The molecule has 5 atom stereocenters. The Morgan fingerprint density at radius 2 is 1.76 bits per heavy atom. The van der Waals surface area contributed by atoms with Crippen LogP contribution >= 0.6 is 30.3 Å². The topological polar surface area (TPSA) is 288 Å². The van der Waals surface area contributed by atoms with Gasteiger partial charge in [0.2, 0.25) is 29.5 Å². The number of carbonyl (C=O) groups excluding carboxylic acids is 8. The predicted octanol–water partition coefficient (Wildman–Crippen LogP) is 5.66. The fraction of sp³-hybridized carbons (Fsp3) is 0.377. The van der Waals surface area contributed by atoms with Gasteiger partial charge in [0.15, 0.2) is 0 Å². The molecule has 0 radical (unpaired) electrons. The van der Waals surface area contributed by atoms with E-state index in [0.29, 0.717) is 64.9 Å². The maximum absolute atomic E-state index is 14.9. The Morgan fingerprint density at radius 3 is 2.51 bits per heavy atom. The lowest BCUT2D eigenvalue weighted by Crippen LogP contribution is -2.61. The normalized spacial score (nSPS) is 20.0. The Hall–Kier alpha value is -7.42. The van der Waals surface area contributed by atoms with Crippen molar-refractivity contribution in [1.82, 2.24) is 35.6 Å². The van der Waals surface area contributed by atoms with E-state index in [2.05, 4.69) is 32.8 Å². The van der Waals surface area contributed by atoms with Gasteiger partial charge < -0.3 is 45.6 Å². The number of thiophene rings is 1. The van der Waals surface area contributed by atoms with Gasteiger partial charge in [0.25, 0.3) is 11.8 Å². The number of hydrogen-bond donors (Lipinski definition) is 6. The van der Waals surface area contributed by atoms with Crippen LogP contribution in [0.5, 0.6) is 0 Å². The molecule has 0 saturated carbocycles. The van der Waals surface area contributed by atoms with Crippen LogP contribution in [0.15, 0.2) is 79.0 Å². The van der Waals surface area contributed by atoms with Crippen LogP contribution in [0.1, 0.15) is 112 Å². The van der Waals surface area contributed by atoms with Crippen molar-refractivity contribution in [2.24, 2.45) is 5.73 Å². The second-order valence-corrected chi connectivity index (χ2v) is 23.1. The molecule has 0 spiro atoms. The Morgan fingerprint density at radius 1 is 0.962 bits per heavy atom. The van der Waals surface area contributed by atoms with Gasteiger partial charge in [0.1, 0.15) is 35.8 Å². The smallest absolute Gasteiger partial charge is 0.404 e. The summed E-state index contributed by atoms with van der Waals surface area (Å²) < 4.78 is 46.5. The summed E-state index contributed by atoms with van der Waals surface area (Å²) in [5.74, 6) is 2.81. The zero-order valence-corrected chi connectivity index (χ0v) is 44.2. The van der Waals surface area contributed by atoms with E-state index >= 15 is 0 Å². The summed E-state index contributed by atoms with van der Waals surface area (Å²) in [6, 6.07) is 14.1. The number of carbonyl (C=O) groups is 8. The molecule has 78 heavy (non-hydrogen) atoms. The predicted molar refractivity (Wildman–Crippen MR) is 280 cm³/mol. The van der Waals surface area contributed by atoms with E-state index in [4.69, 9.17) is 10.5 Å². The number of benzene rings is 3. The molecule has 8 amide bonds. The number of hydrogen-bond acceptors (Lipinski definition) is 13. The second kappa shape index (κ2) is 23.3. The number of unbranched alkanes of at least 4 members (excludes halogenated alkanes) is 3. The van der Waals surface area contributed by atoms with Crippen LogP contribution in [0.25, 0.3) is 20.5 Å². The number of amides is 8. The molecule has 2 unspecified atom stereocenters. The Bertz CT molecular complexity index is 3320. The number of primary amides is 1. The van der Waals surface area contributed by atoms with E-state index in [1.165, 1.54) is 38.2 Å². The van der Waals surface area contributed by atoms with Crippen molar-refractivity contribution in [3.63, 3.8) is 0 Å². The highest BCUT2D eigenvalue weighted by atomic mass is 32.1. The minimum Gasteiger partial charge on any atom is -0.447 e. The van der Waals surface area contributed by atoms with E-state index in [1.54, 1.807) is 24.4 Å².